The van der Waals surface area contributed by atoms with Crippen molar-refractivity contribution in [1.29, 1.82) is 0 Å². The van der Waals surface area contributed by atoms with Gasteiger partial charge >= 0.3 is 12.1 Å². The number of carbonyl (C=O) groups excluding carboxylic acids is 1. The minimum absolute atomic E-state index is 0.0719. The highest BCUT2D eigenvalue weighted by molar-refractivity contribution is 5.91. The summed E-state index contributed by atoms with van der Waals surface area (Å²) in [5.74, 6) is -3.23. The second-order valence-corrected chi connectivity index (χ2v) is 7.93. The maximum Gasteiger partial charge on any atom is 0.453 e. The molecule has 0 saturated carbocycles. The molecule has 0 aliphatic heterocycles. The Hall–Kier alpha value is -4.07. The van der Waals surface area contributed by atoms with Gasteiger partial charge < -0.3 is 13.9 Å². The first-order valence-corrected chi connectivity index (χ1v) is 10.2. The van der Waals surface area contributed by atoms with E-state index in [1.165, 1.54) is 24.3 Å². The zero-order valence-corrected chi connectivity index (χ0v) is 18.4. The number of aryl methyl sites for hydroxylation is 3. The van der Waals surface area contributed by atoms with Crippen LogP contribution in [-0.2, 0) is 6.18 Å². The van der Waals surface area contributed by atoms with Crippen molar-refractivity contribution in [3.63, 3.8) is 0 Å². The average molecular weight is 468 g/mol. The number of benzene rings is 3. The molecule has 4 rings (SSSR count). The summed E-state index contributed by atoms with van der Waals surface area (Å²) in [5.41, 5.74) is 1.34. The van der Waals surface area contributed by atoms with E-state index in [0.29, 0.717) is 0 Å². The van der Waals surface area contributed by atoms with Gasteiger partial charge in [0.25, 0.3) is 5.76 Å². The van der Waals surface area contributed by atoms with Gasteiger partial charge in [0, 0.05) is 6.07 Å². The lowest BCUT2D eigenvalue weighted by Gasteiger charge is -2.14. The molecular formula is C26H19F3O5. The molecule has 0 N–H and O–H groups in total. The Morgan fingerprint density at radius 1 is 0.824 bits per heavy atom. The Kier molecular flexibility index (Phi) is 5.91. The Morgan fingerprint density at radius 3 is 2.09 bits per heavy atom. The lowest BCUT2D eigenvalue weighted by Crippen LogP contribution is -2.15. The summed E-state index contributed by atoms with van der Waals surface area (Å²) in [7, 11) is 0. The third-order valence-corrected chi connectivity index (χ3v) is 4.99. The lowest BCUT2D eigenvalue weighted by molar-refractivity contribution is -0.154. The van der Waals surface area contributed by atoms with Crippen LogP contribution in [0.5, 0.6) is 17.2 Å². The Bertz CT molecular complexity index is 1430. The molecule has 3 aromatic carbocycles. The van der Waals surface area contributed by atoms with Gasteiger partial charge in [-0.25, -0.2) is 4.79 Å². The number of hydrogen-bond donors (Lipinski definition) is 0. The first kappa shape index (κ1) is 23.1. The Labute approximate surface area is 192 Å². The van der Waals surface area contributed by atoms with E-state index in [-0.39, 0.29) is 28.0 Å². The van der Waals surface area contributed by atoms with E-state index in [1.54, 1.807) is 38.1 Å². The summed E-state index contributed by atoms with van der Waals surface area (Å²) in [6, 6.07) is 15.0. The highest BCUT2D eigenvalue weighted by Crippen LogP contribution is 2.39. The summed E-state index contributed by atoms with van der Waals surface area (Å²) in [6.45, 7) is 5.37. The standard InChI is InChI=1S/C26H19F3O5/c1-14-4-6-17(7-5-14)25(31)33-18-8-9-20-21(13-18)34-24(26(27,28)29)23(22(20)30)32-19-11-15(2)10-16(3)12-19/h4-13H,1-3H3. The number of halogens is 3. The molecule has 34 heavy (non-hydrogen) atoms. The van der Waals surface area contributed by atoms with Crippen LogP contribution in [0.4, 0.5) is 13.2 Å². The minimum Gasteiger partial charge on any atom is -0.449 e. The van der Waals surface area contributed by atoms with Crippen molar-refractivity contribution in [1.82, 2.24) is 0 Å². The van der Waals surface area contributed by atoms with Gasteiger partial charge in [-0.2, -0.15) is 13.2 Å². The van der Waals surface area contributed by atoms with Gasteiger partial charge in [0.05, 0.1) is 10.9 Å². The molecule has 0 spiro atoms. The first-order chi connectivity index (χ1) is 16.0. The quantitative estimate of drug-likeness (QED) is 0.245. The van der Waals surface area contributed by atoms with Crippen molar-refractivity contribution in [3.8, 4) is 17.2 Å². The van der Waals surface area contributed by atoms with Crippen LogP contribution in [0.3, 0.4) is 0 Å². The number of esters is 1. The highest BCUT2D eigenvalue weighted by Gasteiger charge is 2.40. The second kappa shape index (κ2) is 8.70. The van der Waals surface area contributed by atoms with Crippen molar-refractivity contribution in [3.05, 3.63) is 98.9 Å². The summed E-state index contributed by atoms with van der Waals surface area (Å²) < 4.78 is 57.1. The van der Waals surface area contributed by atoms with E-state index in [4.69, 9.17) is 13.9 Å². The Balaban J connectivity index is 1.76. The molecule has 5 nitrogen and oxygen atoms in total. The topological polar surface area (TPSA) is 65.7 Å². The number of fused-ring (bicyclic) bond motifs is 1. The van der Waals surface area contributed by atoms with Gasteiger partial charge in [0.15, 0.2) is 0 Å². The normalized spacial score (nSPS) is 11.5. The van der Waals surface area contributed by atoms with Crippen molar-refractivity contribution in [2.24, 2.45) is 0 Å². The van der Waals surface area contributed by atoms with Gasteiger partial charge in [-0.1, -0.05) is 23.8 Å². The third kappa shape index (κ3) is 4.80. The zero-order chi connectivity index (χ0) is 24.6. The molecule has 8 heteroatoms. The minimum atomic E-state index is -5.00. The van der Waals surface area contributed by atoms with Crippen LogP contribution in [0, 0.1) is 20.8 Å². The number of hydrogen-bond acceptors (Lipinski definition) is 5. The van der Waals surface area contributed by atoms with Gasteiger partial charge in [0.2, 0.25) is 11.2 Å². The number of ether oxygens (including phenoxy) is 2. The van der Waals surface area contributed by atoms with E-state index in [1.807, 2.05) is 13.0 Å². The van der Waals surface area contributed by atoms with Crippen LogP contribution in [-0.4, -0.2) is 5.97 Å². The van der Waals surface area contributed by atoms with Crippen LogP contribution in [0.15, 0.2) is 69.9 Å². The van der Waals surface area contributed by atoms with Crippen molar-refractivity contribution < 1.29 is 31.9 Å². The number of alkyl halides is 3. The van der Waals surface area contributed by atoms with Gasteiger partial charge in [-0.05, 0) is 68.3 Å². The molecule has 0 bridgehead atoms. The largest absolute Gasteiger partial charge is 0.453 e. The average Bonchev–Trinajstić information content (AvgIpc) is 2.74. The molecular weight excluding hydrogens is 449 g/mol. The van der Waals surface area contributed by atoms with Gasteiger partial charge in [-0.3, -0.25) is 4.79 Å². The molecule has 1 heterocycles. The van der Waals surface area contributed by atoms with Crippen LogP contribution >= 0.6 is 0 Å². The van der Waals surface area contributed by atoms with Crippen LogP contribution < -0.4 is 14.9 Å². The number of rotatable bonds is 4. The smallest absolute Gasteiger partial charge is 0.449 e. The van der Waals surface area contributed by atoms with Crippen molar-refractivity contribution >= 4 is 16.9 Å². The lowest BCUT2D eigenvalue weighted by atomic mass is 10.1. The Morgan fingerprint density at radius 2 is 1.47 bits per heavy atom. The fraction of sp³-hybridized carbons (Fsp3) is 0.154. The summed E-state index contributed by atoms with van der Waals surface area (Å²) in [4.78, 5) is 25.3. The summed E-state index contributed by atoms with van der Waals surface area (Å²) in [6.07, 6.45) is -5.00. The first-order valence-electron chi connectivity index (χ1n) is 10.2. The molecule has 0 atom stereocenters. The fourth-order valence-electron chi connectivity index (χ4n) is 3.46. The molecule has 0 unspecified atom stereocenters. The zero-order valence-electron chi connectivity index (χ0n) is 18.4. The van der Waals surface area contributed by atoms with Gasteiger partial charge in [-0.15, -0.1) is 0 Å². The third-order valence-electron chi connectivity index (χ3n) is 4.99. The molecule has 0 fully saturated rings. The molecule has 174 valence electrons. The predicted octanol–water partition coefficient (Wildman–Crippen LogP) is 6.75. The molecule has 0 aliphatic rings. The molecule has 0 saturated heterocycles. The van der Waals surface area contributed by atoms with Crippen LogP contribution in [0.1, 0.15) is 32.8 Å². The molecule has 1 aromatic heterocycles. The fourth-order valence-corrected chi connectivity index (χ4v) is 3.46. The number of carbonyl (C=O) groups is 1. The summed E-state index contributed by atoms with van der Waals surface area (Å²) >= 11 is 0. The van der Waals surface area contributed by atoms with E-state index < -0.39 is 29.1 Å². The van der Waals surface area contributed by atoms with E-state index >= 15 is 0 Å². The SMILES string of the molecule is Cc1ccc(C(=O)Oc2ccc3c(=O)c(Oc4cc(C)cc(C)c4)c(C(F)(F)F)oc3c2)cc1. The van der Waals surface area contributed by atoms with Crippen LogP contribution in [0.2, 0.25) is 0 Å². The predicted molar refractivity (Wildman–Crippen MR) is 120 cm³/mol. The molecule has 0 radical (unpaired) electrons. The maximum absolute atomic E-state index is 13.8. The molecule has 4 aromatic rings. The molecule has 0 aliphatic carbocycles. The second-order valence-electron chi connectivity index (χ2n) is 7.93. The summed E-state index contributed by atoms with van der Waals surface area (Å²) in [5, 5.41) is -0.150. The van der Waals surface area contributed by atoms with Gasteiger partial charge in [0.1, 0.15) is 17.1 Å². The van der Waals surface area contributed by atoms with E-state index in [0.717, 1.165) is 22.8 Å². The van der Waals surface area contributed by atoms with Crippen molar-refractivity contribution in [2.75, 3.05) is 0 Å². The maximum atomic E-state index is 13.8. The monoisotopic (exact) mass is 468 g/mol. The van der Waals surface area contributed by atoms with Crippen LogP contribution in [0.25, 0.3) is 11.0 Å². The highest BCUT2D eigenvalue weighted by atomic mass is 19.4. The molecule has 0 amide bonds. The van der Waals surface area contributed by atoms with Crippen molar-refractivity contribution in [2.45, 2.75) is 26.9 Å². The van der Waals surface area contributed by atoms with E-state index in [9.17, 15) is 22.8 Å². The van der Waals surface area contributed by atoms with E-state index in [2.05, 4.69) is 0 Å².